The lowest BCUT2D eigenvalue weighted by molar-refractivity contribution is -0.137. The molecule has 19 heavy (non-hydrogen) atoms. The molecule has 0 aromatic heterocycles. The van der Waals surface area contributed by atoms with Gasteiger partial charge in [0.15, 0.2) is 9.84 Å². The number of carbonyl (C=O) groups is 1. The molecular weight excluding hydrogens is 284 g/mol. The van der Waals surface area contributed by atoms with Gasteiger partial charge >= 0.3 is 5.97 Å². The first-order valence-corrected chi connectivity index (χ1v) is 8.53. The predicted molar refractivity (Wildman–Crippen MR) is 76.3 cm³/mol. The van der Waals surface area contributed by atoms with E-state index in [0.29, 0.717) is 0 Å². The Morgan fingerprint density at radius 1 is 1.26 bits per heavy atom. The van der Waals surface area contributed by atoms with Gasteiger partial charge in [-0.05, 0) is 30.2 Å². The van der Waals surface area contributed by atoms with E-state index in [0.717, 1.165) is 4.90 Å². The molecule has 1 N–H and O–H groups in total. The largest absolute Gasteiger partial charge is 0.480 e. The van der Waals surface area contributed by atoms with Crippen LogP contribution in [0, 0.1) is 5.92 Å². The van der Waals surface area contributed by atoms with Crippen LogP contribution in [0.4, 0.5) is 0 Å². The van der Waals surface area contributed by atoms with E-state index in [9.17, 15) is 13.2 Å². The average Bonchev–Trinajstić information content (AvgIpc) is 2.35. The van der Waals surface area contributed by atoms with E-state index < -0.39 is 21.1 Å². The SMILES string of the molecule is CCS(=O)(=O)c1ccc(SC(C(=O)O)C(C)C)cc1. The molecular formula is C13H18O4S2. The summed E-state index contributed by atoms with van der Waals surface area (Å²) in [5, 5.41) is 8.58. The molecule has 0 amide bonds. The van der Waals surface area contributed by atoms with Crippen LogP contribution in [0.2, 0.25) is 0 Å². The van der Waals surface area contributed by atoms with Gasteiger partial charge in [-0.25, -0.2) is 8.42 Å². The number of rotatable bonds is 6. The van der Waals surface area contributed by atoms with Gasteiger partial charge in [-0.3, -0.25) is 4.79 Å². The second-order valence-corrected chi connectivity index (χ2v) is 7.99. The van der Waals surface area contributed by atoms with Crippen molar-refractivity contribution in [2.45, 2.75) is 35.8 Å². The van der Waals surface area contributed by atoms with Crippen LogP contribution < -0.4 is 0 Å². The molecule has 6 heteroatoms. The second-order valence-electron chi connectivity index (χ2n) is 4.50. The fourth-order valence-electron chi connectivity index (χ4n) is 1.51. The smallest absolute Gasteiger partial charge is 0.317 e. The van der Waals surface area contributed by atoms with Crippen molar-refractivity contribution in [1.82, 2.24) is 0 Å². The zero-order valence-electron chi connectivity index (χ0n) is 11.2. The summed E-state index contributed by atoms with van der Waals surface area (Å²) in [6.45, 7) is 5.29. The Morgan fingerprint density at radius 3 is 2.16 bits per heavy atom. The van der Waals surface area contributed by atoms with E-state index in [4.69, 9.17) is 5.11 Å². The maximum absolute atomic E-state index is 11.6. The number of carboxylic acids is 1. The van der Waals surface area contributed by atoms with Gasteiger partial charge in [-0.1, -0.05) is 20.8 Å². The van der Waals surface area contributed by atoms with Crippen molar-refractivity contribution in [3.8, 4) is 0 Å². The molecule has 1 unspecified atom stereocenters. The number of thioether (sulfide) groups is 1. The Bertz CT molecular complexity index is 532. The van der Waals surface area contributed by atoms with E-state index in [1.807, 2.05) is 13.8 Å². The number of benzene rings is 1. The molecule has 0 radical (unpaired) electrons. The highest BCUT2D eigenvalue weighted by Crippen LogP contribution is 2.29. The first-order chi connectivity index (χ1) is 8.77. The van der Waals surface area contributed by atoms with Crippen molar-refractivity contribution in [1.29, 1.82) is 0 Å². The lowest BCUT2D eigenvalue weighted by atomic mass is 10.1. The minimum atomic E-state index is -3.20. The maximum Gasteiger partial charge on any atom is 0.317 e. The Labute approximate surface area is 118 Å². The number of hydrogen-bond acceptors (Lipinski definition) is 4. The summed E-state index contributed by atoms with van der Waals surface area (Å²) < 4.78 is 23.3. The predicted octanol–water partition coefficient (Wildman–Crippen LogP) is 2.68. The van der Waals surface area contributed by atoms with Crippen LogP contribution in [0.1, 0.15) is 20.8 Å². The summed E-state index contributed by atoms with van der Waals surface area (Å²) >= 11 is 1.24. The number of carboxylic acid groups (broad SMARTS) is 1. The van der Waals surface area contributed by atoms with Crippen molar-refractivity contribution in [2.24, 2.45) is 5.92 Å². The number of sulfone groups is 1. The van der Waals surface area contributed by atoms with E-state index in [1.54, 1.807) is 19.1 Å². The lowest BCUT2D eigenvalue weighted by Gasteiger charge is -2.15. The molecule has 0 bridgehead atoms. The molecule has 0 aliphatic carbocycles. The summed E-state index contributed by atoms with van der Waals surface area (Å²) in [7, 11) is -3.20. The van der Waals surface area contributed by atoms with Crippen molar-refractivity contribution in [3.05, 3.63) is 24.3 Å². The third kappa shape index (κ3) is 4.24. The third-order valence-electron chi connectivity index (χ3n) is 2.67. The minimum Gasteiger partial charge on any atom is -0.480 e. The topological polar surface area (TPSA) is 71.4 Å². The van der Waals surface area contributed by atoms with Gasteiger partial charge in [-0.15, -0.1) is 11.8 Å². The Hall–Kier alpha value is -1.01. The van der Waals surface area contributed by atoms with Crippen LogP contribution in [0.25, 0.3) is 0 Å². The molecule has 1 atom stereocenters. The molecule has 0 heterocycles. The summed E-state index contributed by atoms with van der Waals surface area (Å²) in [6.07, 6.45) is 0. The Kier molecular flexibility index (Phi) is 5.43. The van der Waals surface area contributed by atoms with Crippen LogP contribution >= 0.6 is 11.8 Å². The van der Waals surface area contributed by atoms with Gasteiger partial charge in [0.1, 0.15) is 5.25 Å². The highest BCUT2D eigenvalue weighted by atomic mass is 32.2. The molecule has 0 spiro atoms. The summed E-state index contributed by atoms with van der Waals surface area (Å²) in [5.41, 5.74) is 0. The minimum absolute atomic E-state index is 0.00144. The number of aliphatic carboxylic acids is 1. The fraction of sp³-hybridized carbons (Fsp3) is 0.462. The van der Waals surface area contributed by atoms with Crippen molar-refractivity contribution in [2.75, 3.05) is 5.75 Å². The first kappa shape index (κ1) is 16.0. The van der Waals surface area contributed by atoms with Crippen LogP contribution in [-0.2, 0) is 14.6 Å². The molecule has 106 valence electrons. The lowest BCUT2D eigenvalue weighted by Crippen LogP contribution is -2.22. The van der Waals surface area contributed by atoms with E-state index in [1.165, 1.54) is 23.9 Å². The molecule has 0 saturated carbocycles. The van der Waals surface area contributed by atoms with Gasteiger partial charge in [-0.2, -0.15) is 0 Å². The highest BCUT2D eigenvalue weighted by molar-refractivity contribution is 8.00. The zero-order valence-corrected chi connectivity index (χ0v) is 12.8. The van der Waals surface area contributed by atoms with Crippen LogP contribution in [0.3, 0.4) is 0 Å². The molecule has 0 saturated heterocycles. The van der Waals surface area contributed by atoms with Crippen LogP contribution in [0.5, 0.6) is 0 Å². The monoisotopic (exact) mass is 302 g/mol. The normalized spacial score (nSPS) is 13.5. The molecule has 1 aromatic carbocycles. The summed E-state index contributed by atoms with van der Waals surface area (Å²) in [4.78, 5) is 12.1. The van der Waals surface area contributed by atoms with Crippen molar-refractivity contribution in [3.63, 3.8) is 0 Å². The van der Waals surface area contributed by atoms with E-state index in [-0.39, 0.29) is 16.6 Å². The summed E-state index contributed by atoms with van der Waals surface area (Å²) in [6, 6.07) is 6.37. The fourth-order valence-corrected chi connectivity index (χ4v) is 3.35. The van der Waals surface area contributed by atoms with Crippen molar-refractivity contribution < 1.29 is 18.3 Å². The van der Waals surface area contributed by atoms with Crippen LogP contribution in [0.15, 0.2) is 34.1 Å². The van der Waals surface area contributed by atoms with Gasteiger partial charge < -0.3 is 5.11 Å². The van der Waals surface area contributed by atoms with Crippen molar-refractivity contribution >= 4 is 27.6 Å². The van der Waals surface area contributed by atoms with E-state index in [2.05, 4.69) is 0 Å². The average molecular weight is 302 g/mol. The number of hydrogen-bond donors (Lipinski definition) is 1. The zero-order chi connectivity index (χ0) is 14.6. The second kappa shape index (κ2) is 6.43. The standard InChI is InChI=1S/C13H18O4S2/c1-4-19(16,17)11-7-5-10(6-8-11)18-12(9(2)3)13(14)15/h5-9,12H,4H2,1-3H3,(H,14,15). The first-order valence-electron chi connectivity index (χ1n) is 6.00. The van der Waals surface area contributed by atoms with Gasteiger partial charge in [0.2, 0.25) is 0 Å². The molecule has 1 rings (SSSR count). The van der Waals surface area contributed by atoms with Crippen LogP contribution in [-0.4, -0.2) is 30.5 Å². The third-order valence-corrected chi connectivity index (χ3v) is 5.97. The molecule has 0 aliphatic rings. The molecule has 4 nitrogen and oxygen atoms in total. The summed E-state index contributed by atoms with van der Waals surface area (Å²) in [5.74, 6) is -0.796. The van der Waals surface area contributed by atoms with Gasteiger partial charge in [0.05, 0.1) is 10.6 Å². The van der Waals surface area contributed by atoms with Gasteiger partial charge in [0, 0.05) is 4.90 Å². The maximum atomic E-state index is 11.6. The highest BCUT2D eigenvalue weighted by Gasteiger charge is 2.22. The Morgan fingerprint density at radius 2 is 1.79 bits per heavy atom. The van der Waals surface area contributed by atoms with E-state index >= 15 is 0 Å². The molecule has 0 aliphatic heterocycles. The quantitative estimate of drug-likeness (QED) is 0.818. The molecule has 0 fully saturated rings. The van der Waals surface area contributed by atoms with Gasteiger partial charge in [0.25, 0.3) is 0 Å². The molecule has 1 aromatic rings. The Balaban J connectivity index is 2.91.